The standard InChI is InChI=1S/C22H25F6N5O5/c1-19(2,3)38-33-12-8-6-4-5-7-9-20(36,22(26,27)28)17-32-31-16(37-17)15-13(29-18(34)35)10-11(14(12)30-15)21(23,24)25/h10,29,36H,4-9H2,1-3H3,(H,34,35)/t20-/m1/s1. The van der Waals surface area contributed by atoms with Crippen LogP contribution in [-0.4, -0.2) is 49.0 Å². The Labute approximate surface area is 212 Å². The Hall–Kier alpha value is -3.43. The van der Waals surface area contributed by atoms with Crippen molar-refractivity contribution in [3.05, 3.63) is 23.2 Å². The van der Waals surface area contributed by atoms with Crippen LogP contribution in [0, 0.1) is 0 Å². The van der Waals surface area contributed by atoms with Crippen LogP contribution in [0.3, 0.4) is 0 Å². The topological polar surface area (TPSA) is 143 Å². The van der Waals surface area contributed by atoms with E-state index in [9.17, 15) is 36.2 Å². The van der Waals surface area contributed by atoms with Gasteiger partial charge in [0.05, 0.1) is 11.3 Å². The second kappa shape index (κ2) is 10.4. The number of fused-ring (bicyclic) bond motifs is 5. The molecule has 3 rings (SSSR count). The number of rotatable bonds is 2. The van der Waals surface area contributed by atoms with Gasteiger partial charge in [0.1, 0.15) is 17.0 Å². The third-order valence-corrected chi connectivity index (χ3v) is 5.43. The molecule has 3 N–H and O–H groups in total. The molecular formula is C22H25F6N5O5. The van der Waals surface area contributed by atoms with Crippen LogP contribution in [0.15, 0.2) is 15.6 Å². The summed E-state index contributed by atoms with van der Waals surface area (Å²) in [6.07, 6.45) is -12.4. The first-order valence-corrected chi connectivity index (χ1v) is 11.4. The highest BCUT2D eigenvalue weighted by molar-refractivity contribution is 6.01. The van der Waals surface area contributed by atoms with Gasteiger partial charge in [-0.05, 0) is 52.5 Å². The van der Waals surface area contributed by atoms with E-state index in [0.29, 0.717) is 6.07 Å². The summed E-state index contributed by atoms with van der Waals surface area (Å²) in [5.41, 5.74) is -8.26. The van der Waals surface area contributed by atoms with Gasteiger partial charge in [-0.25, -0.2) is 9.78 Å². The number of halogens is 6. The predicted octanol–water partition coefficient (Wildman–Crippen LogP) is 5.86. The quantitative estimate of drug-likeness (QED) is 0.310. The lowest BCUT2D eigenvalue weighted by atomic mass is 9.94. The fourth-order valence-electron chi connectivity index (χ4n) is 3.61. The summed E-state index contributed by atoms with van der Waals surface area (Å²) in [7, 11) is 0. The Morgan fingerprint density at radius 1 is 1.08 bits per heavy atom. The molecule has 1 aliphatic rings. The number of carboxylic acid groups (broad SMARTS) is 1. The maximum atomic E-state index is 14.1. The fraction of sp³-hybridized carbons (Fsp3) is 0.591. The lowest BCUT2D eigenvalue weighted by Crippen LogP contribution is -2.42. The minimum absolute atomic E-state index is 0.101. The van der Waals surface area contributed by atoms with Crippen LogP contribution in [0.5, 0.6) is 0 Å². The van der Waals surface area contributed by atoms with Crippen LogP contribution < -0.4 is 5.32 Å². The molecule has 0 saturated heterocycles. The number of oxime groups is 1. The van der Waals surface area contributed by atoms with Gasteiger partial charge in [-0.2, -0.15) is 26.3 Å². The smallest absolute Gasteiger partial charge is 0.426 e. The summed E-state index contributed by atoms with van der Waals surface area (Å²) in [5.74, 6) is -2.11. The van der Waals surface area contributed by atoms with E-state index in [-0.39, 0.29) is 37.8 Å². The highest BCUT2D eigenvalue weighted by Gasteiger charge is 2.58. The van der Waals surface area contributed by atoms with E-state index in [1.165, 1.54) is 0 Å². The van der Waals surface area contributed by atoms with Crippen LogP contribution in [0.2, 0.25) is 0 Å². The molecule has 1 amide bonds. The summed E-state index contributed by atoms with van der Waals surface area (Å²) < 4.78 is 88.8. The van der Waals surface area contributed by atoms with Crippen LogP contribution in [0.25, 0.3) is 11.6 Å². The zero-order chi connectivity index (χ0) is 28.5. The summed E-state index contributed by atoms with van der Waals surface area (Å²) in [4.78, 5) is 20.6. The molecule has 0 radical (unpaired) electrons. The first kappa shape index (κ1) is 29.1. The minimum Gasteiger partial charge on any atom is -0.465 e. The Morgan fingerprint density at radius 2 is 1.74 bits per heavy atom. The maximum absolute atomic E-state index is 14.1. The number of anilines is 1. The van der Waals surface area contributed by atoms with Gasteiger partial charge < -0.3 is 19.5 Å². The molecule has 2 aromatic heterocycles. The highest BCUT2D eigenvalue weighted by atomic mass is 19.4. The molecule has 210 valence electrons. The van der Waals surface area contributed by atoms with Gasteiger partial charge in [0, 0.05) is 0 Å². The lowest BCUT2D eigenvalue weighted by Gasteiger charge is -2.27. The third-order valence-electron chi connectivity index (χ3n) is 5.43. The highest BCUT2D eigenvalue weighted by Crippen LogP contribution is 2.44. The summed E-state index contributed by atoms with van der Waals surface area (Å²) in [6, 6.07) is 0.407. The van der Waals surface area contributed by atoms with Gasteiger partial charge in [-0.1, -0.05) is 18.0 Å². The number of carbonyl (C=O) groups is 1. The van der Waals surface area contributed by atoms with Crippen molar-refractivity contribution in [2.45, 2.75) is 82.9 Å². The molecule has 0 fully saturated rings. The molecular weight excluding hydrogens is 528 g/mol. The molecule has 0 aromatic carbocycles. The number of amides is 1. The van der Waals surface area contributed by atoms with Crippen molar-refractivity contribution < 1.29 is 50.6 Å². The molecule has 0 saturated carbocycles. The number of nitrogens with one attached hydrogen (secondary N) is 1. The zero-order valence-corrected chi connectivity index (χ0v) is 20.5. The van der Waals surface area contributed by atoms with Gasteiger partial charge in [0.25, 0.3) is 11.8 Å². The van der Waals surface area contributed by atoms with E-state index < -0.39 is 70.5 Å². The first-order valence-electron chi connectivity index (χ1n) is 11.4. The Kier molecular flexibility index (Phi) is 7.96. The largest absolute Gasteiger partial charge is 0.465 e. The lowest BCUT2D eigenvalue weighted by molar-refractivity contribution is -0.277. The average molecular weight is 553 g/mol. The Bertz CT molecular complexity index is 1200. The van der Waals surface area contributed by atoms with Crippen molar-refractivity contribution in [3.8, 4) is 11.6 Å². The van der Waals surface area contributed by atoms with E-state index in [0.717, 1.165) is 0 Å². The number of hydrogen-bond donors (Lipinski definition) is 3. The molecule has 0 aliphatic carbocycles. The van der Waals surface area contributed by atoms with Crippen LogP contribution in [-0.2, 0) is 16.6 Å². The molecule has 16 heteroatoms. The number of aromatic nitrogens is 3. The monoisotopic (exact) mass is 553 g/mol. The van der Waals surface area contributed by atoms with Gasteiger partial charge in [-0.3, -0.25) is 5.32 Å². The van der Waals surface area contributed by atoms with E-state index in [1.807, 2.05) is 0 Å². The van der Waals surface area contributed by atoms with E-state index >= 15 is 0 Å². The first-order chi connectivity index (χ1) is 17.4. The van der Waals surface area contributed by atoms with Crippen molar-refractivity contribution in [3.63, 3.8) is 0 Å². The maximum Gasteiger partial charge on any atom is 0.426 e. The number of aliphatic hydroxyl groups is 1. The van der Waals surface area contributed by atoms with Crippen molar-refractivity contribution >= 4 is 17.5 Å². The van der Waals surface area contributed by atoms with E-state index in [1.54, 1.807) is 26.1 Å². The molecule has 0 spiro atoms. The normalized spacial score (nSPS) is 20.6. The molecule has 10 nitrogen and oxygen atoms in total. The average Bonchev–Trinajstić information content (AvgIpc) is 3.25. The Balaban J connectivity index is 2.34. The number of pyridine rings is 1. The van der Waals surface area contributed by atoms with Gasteiger partial charge in [0.2, 0.25) is 5.60 Å². The summed E-state index contributed by atoms with van der Waals surface area (Å²) in [5, 5.41) is 32.0. The molecule has 38 heavy (non-hydrogen) atoms. The van der Waals surface area contributed by atoms with Crippen LogP contribution >= 0.6 is 0 Å². The number of nitrogens with zero attached hydrogens (tertiary/aromatic N) is 4. The van der Waals surface area contributed by atoms with Crippen LogP contribution in [0.1, 0.15) is 76.4 Å². The zero-order valence-electron chi connectivity index (χ0n) is 20.5. The molecule has 1 aliphatic heterocycles. The third kappa shape index (κ3) is 6.52. The van der Waals surface area contributed by atoms with Gasteiger partial charge in [0.15, 0.2) is 5.69 Å². The summed E-state index contributed by atoms with van der Waals surface area (Å²) >= 11 is 0. The second-order valence-corrected chi connectivity index (χ2v) is 9.63. The molecule has 1 atom stereocenters. The second-order valence-electron chi connectivity index (χ2n) is 9.63. The van der Waals surface area contributed by atoms with Crippen molar-refractivity contribution in [2.24, 2.45) is 5.16 Å². The Morgan fingerprint density at radius 3 is 2.32 bits per heavy atom. The minimum atomic E-state index is -5.22. The molecule has 2 aromatic rings. The molecule has 0 unspecified atom stereocenters. The van der Waals surface area contributed by atoms with Gasteiger partial charge in [-0.15, -0.1) is 10.2 Å². The van der Waals surface area contributed by atoms with E-state index in [4.69, 9.17) is 14.4 Å². The van der Waals surface area contributed by atoms with Crippen molar-refractivity contribution in [1.29, 1.82) is 0 Å². The number of hydrogen-bond acceptors (Lipinski definition) is 8. The molecule has 4 bridgehead atoms. The fourth-order valence-corrected chi connectivity index (χ4v) is 3.61. The van der Waals surface area contributed by atoms with E-state index in [2.05, 4.69) is 20.3 Å². The predicted molar refractivity (Wildman–Crippen MR) is 119 cm³/mol. The molecule has 3 heterocycles. The number of alkyl halides is 6. The SMILES string of the molecule is CC(C)(C)ON=C1CCCCCC[C@](O)(C(F)(F)F)c2nnc(o2)-c2nc1c(C(F)(F)F)cc2NC(=O)O. The van der Waals surface area contributed by atoms with Crippen LogP contribution in [0.4, 0.5) is 36.8 Å². The summed E-state index contributed by atoms with van der Waals surface area (Å²) in [6.45, 7) is 4.85. The van der Waals surface area contributed by atoms with Crippen molar-refractivity contribution in [2.75, 3.05) is 5.32 Å². The van der Waals surface area contributed by atoms with Crippen molar-refractivity contribution in [1.82, 2.24) is 15.2 Å². The van der Waals surface area contributed by atoms with Gasteiger partial charge >= 0.3 is 18.4 Å².